The highest BCUT2D eigenvalue weighted by atomic mass is 32.1. The lowest BCUT2D eigenvalue weighted by atomic mass is 9.93. The molecule has 8 nitrogen and oxygen atoms in total. The highest BCUT2D eigenvalue weighted by Crippen LogP contribution is 2.38. The lowest BCUT2D eigenvalue weighted by molar-refractivity contribution is -0.139. The summed E-state index contributed by atoms with van der Waals surface area (Å²) in [5.41, 5.74) is 3.02. The zero-order chi connectivity index (χ0) is 27.0. The van der Waals surface area contributed by atoms with Gasteiger partial charge in [0.2, 0.25) is 0 Å². The number of carbonyl (C=O) groups excluding carboxylic acids is 2. The number of rotatable bonds is 7. The predicted molar refractivity (Wildman–Crippen MR) is 146 cm³/mol. The van der Waals surface area contributed by atoms with Gasteiger partial charge in [-0.05, 0) is 32.4 Å². The summed E-state index contributed by atoms with van der Waals surface area (Å²) in [5, 5.41) is 0. The SMILES string of the molecule is CCCC1=C(C(=O)OCC)[C@H](c2ccccc2OC)n2c(s/c(=C3/C(=O)N(CC)c4ccccc43)c2=O)=N1. The molecule has 0 aliphatic carbocycles. The molecule has 0 bridgehead atoms. The van der Waals surface area contributed by atoms with Gasteiger partial charge >= 0.3 is 5.97 Å². The van der Waals surface area contributed by atoms with Crippen molar-refractivity contribution >= 4 is 34.5 Å². The van der Waals surface area contributed by atoms with Gasteiger partial charge in [-0.2, -0.15) is 0 Å². The van der Waals surface area contributed by atoms with Crippen molar-refractivity contribution in [3.63, 3.8) is 0 Å². The van der Waals surface area contributed by atoms with E-state index in [1.807, 2.05) is 56.3 Å². The third-order valence-corrected chi connectivity index (χ3v) is 7.82. The first-order valence-corrected chi connectivity index (χ1v) is 13.6. The molecule has 1 amide bonds. The molecular weight excluding hydrogens is 502 g/mol. The van der Waals surface area contributed by atoms with Crippen molar-refractivity contribution in [2.75, 3.05) is 25.2 Å². The fourth-order valence-corrected chi connectivity index (χ4v) is 6.28. The van der Waals surface area contributed by atoms with E-state index in [1.165, 1.54) is 15.9 Å². The maximum atomic E-state index is 14.2. The van der Waals surface area contributed by atoms with Gasteiger partial charge in [-0.15, -0.1) is 0 Å². The first-order valence-electron chi connectivity index (χ1n) is 12.7. The maximum Gasteiger partial charge on any atom is 0.338 e. The average molecular weight is 532 g/mol. The van der Waals surface area contributed by atoms with Crippen LogP contribution in [0.25, 0.3) is 5.57 Å². The van der Waals surface area contributed by atoms with Gasteiger partial charge in [0.15, 0.2) is 4.80 Å². The van der Waals surface area contributed by atoms with Crippen molar-refractivity contribution in [2.24, 2.45) is 4.99 Å². The Balaban J connectivity index is 1.88. The van der Waals surface area contributed by atoms with E-state index in [0.29, 0.717) is 50.5 Å². The Morgan fingerprint density at radius 2 is 1.79 bits per heavy atom. The normalized spacial score (nSPS) is 17.7. The third-order valence-electron chi connectivity index (χ3n) is 6.77. The number of aromatic nitrogens is 1. The van der Waals surface area contributed by atoms with Gasteiger partial charge in [0.25, 0.3) is 11.5 Å². The van der Waals surface area contributed by atoms with Crippen LogP contribution in [0.3, 0.4) is 0 Å². The van der Waals surface area contributed by atoms with E-state index in [-0.39, 0.29) is 18.1 Å². The summed E-state index contributed by atoms with van der Waals surface area (Å²) < 4.78 is 12.9. The molecule has 0 spiro atoms. The summed E-state index contributed by atoms with van der Waals surface area (Å²) in [6.45, 7) is 6.33. The van der Waals surface area contributed by atoms with Crippen LogP contribution in [0.2, 0.25) is 0 Å². The van der Waals surface area contributed by atoms with Crippen LogP contribution in [0, 0.1) is 0 Å². The molecule has 0 N–H and O–H groups in total. The zero-order valence-electron chi connectivity index (χ0n) is 21.8. The second-order valence-electron chi connectivity index (χ2n) is 8.92. The Kier molecular flexibility index (Phi) is 7.03. The van der Waals surface area contributed by atoms with E-state index >= 15 is 0 Å². The molecule has 1 atom stereocenters. The number of likely N-dealkylation sites (N-methyl/N-ethyl adjacent to an activating group) is 1. The number of benzene rings is 2. The molecule has 0 saturated heterocycles. The smallest absolute Gasteiger partial charge is 0.338 e. The minimum absolute atomic E-state index is 0.188. The molecular formula is C29H29N3O5S. The number of thiazole rings is 1. The number of methoxy groups -OCH3 is 1. The van der Waals surface area contributed by atoms with Crippen LogP contribution in [-0.2, 0) is 14.3 Å². The zero-order valence-corrected chi connectivity index (χ0v) is 22.6. The van der Waals surface area contributed by atoms with Crippen LogP contribution in [0.5, 0.6) is 5.75 Å². The number of para-hydroxylation sites is 2. The molecule has 1 aromatic heterocycles. The molecule has 3 heterocycles. The van der Waals surface area contributed by atoms with Crippen LogP contribution in [0.4, 0.5) is 5.69 Å². The maximum absolute atomic E-state index is 14.2. The molecule has 0 unspecified atom stereocenters. The largest absolute Gasteiger partial charge is 0.496 e. The van der Waals surface area contributed by atoms with Crippen LogP contribution < -0.4 is 24.5 Å². The van der Waals surface area contributed by atoms with Crippen molar-refractivity contribution in [1.82, 2.24) is 4.57 Å². The number of ether oxygens (including phenoxy) is 2. The number of fused-ring (bicyclic) bond motifs is 2. The highest BCUT2D eigenvalue weighted by molar-refractivity contribution is 7.07. The Hall–Kier alpha value is -3.98. The number of esters is 1. The van der Waals surface area contributed by atoms with E-state index < -0.39 is 12.0 Å². The van der Waals surface area contributed by atoms with Gasteiger partial charge in [-0.3, -0.25) is 14.2 Å². The number of hydrogen-bond acceptors (Lipinski definition) is 7. The number of amides is 1. The highest BCUT2D eigenvalue weighted by Gasteiger charge is 2.38. The van der Waals surface area contributed by atoms with Crippen molar-refractivity contribution < 1.29 is 19.1 Å². The van der Waals surface area contributed by atoms with E-state index in [9.17, 15) is 14.4 Å². The minimum atomic E-state index is -0.814. The number of allylic oxidation sites excluding steroid dienone is 1. The topological polar surface area (TPSA) is 90.2 Å². The Morgan fingerprint density at radius 3 is 2.50 bits per heavy atom. The predicted octanol–water partition coefficient (Wildman–Crippen LogP) is 3.32. The van der Waals surface area contributed by atoms with Crippen molar-refractivity contribution in [3.05, 3.63) is 90.6 Å². The van der Waals surface area contributed by atoms with Gasteiger partial charge in [0.05, 0.1) is 36.2 Å². The lowest BCUT2D eigenvalue weighted by Gasteiger charge is -2.26. The van der Waals surface area contributed by atoms with Crippen molar-refractivity contribution in [1.29, 1.82) is 0 Å². The summed E-state index contributed by atoms with van der Waals surface area (Å²) >= 11 is 1.18. The monoisotopic (exact) mass is 531 g/mol. The van der Waals surface area contributed by atoms with Gasteiger partial charge in [0, 0.05) is 17.7 Å². The van der Waals surface area contributed by atoms with E-state index in [4.69, 9.17) is 14.5 Å². The van der Waals surface area contributed by atoms with Gasteiger partial charge in [-0.1, -0.05) is 61.1 Å². The fourth-order valence-electron chi connectivity index (χ4n) is 5.17. The minimum Gasteiger partial charge on any atom is -0.496 e. The summed E-state index contributed by atoms with van der Waals surface area (Å²) in [7, 11) is 1.55. The summed E-state index contributed by atoms with van der Waals surface area (Å²) in [6.07, 6.45) is 1.28. The Morgan fingerprint density at radius 1 is 1.05 bits per heavy atom. The molecule has 0 fully saturated rings. The van der Waals surface area contributed by atoms with Crippen LogP contribution in [-0.4, -0.2) is 36.7 Å². The first kappa shape index (κ1) is 25.7. The number of anilines is 1. The molecule has 38 heavy (non-hydrogen) atoms. The summed E-state index contributed by atoms with van der Waals surface area (Å²) in [6, 6.07) is 14.0. The molecule has 2 aromatic carbocycles. The number of carbonyl (C=O) groups is 2. The third kappa shape index (κ3) is 3.98. The van der Waals surface area contributed by atoms with Crippen LogP contribution >= 0.6 is 11.3 Å². The quantitative estimate of drug-likeness (QED) is 0.437. The Labute approximate surface area is 224 Å². The lowest BCUT2D eigenvalue weighted by Crippen LogP contribution is -2.41. The molecule has 2 aliphatic rings. The molecule has 196 valence electrons. The Bertz CT molecular complexity index is 1650. The van der Waals surface area contributed by atoms with Gasteiger partial charge in [0.1, 0.15) is 16.3 Å². The fraction of sp³-hybridized carbons (Fsp3) is 0.310. The molecule has 2 aliphatic heterocycles. The standard InChI is InChI=1S/C29H29N3O5S/c1-5-12-19-23(28(35)37-7-3)24(18-14-9-11-16-21(18)36-4)32-27(34)25(38-29(32)30-19)22-17-13-8-10-15-20(17)31(6-2)26(22)33/h8-11,13-16,24H,5-7,12H2,1-4H3/b25-22+/t24-/m0/s1. The van der Waals surface area contributed by atoms with Crippen LogP contribution in [0.1, 0.15) is 50.8 Å². The summed E-state index contributed by atoms with van der Waals surface area (Å²) in [4.78, 5) is 48.1. The second kappa shape index (κ2) is 10.4. The number of nitrogens with zero attached hydrogens (tertiary/aromatic N) is 3. The molecule has 0 saturated carbocycles. The van der Waals surface area contributed by atoms with Gasteiger partial charge < -0.3 is 14.4 Å². The van der Waals surface area contributed by atoms with E-state index in [0.717, 1.165) is 17.7 Å². The first-order chi connectivity index (χ1) is 18.5. The summed E-state index contributed by atoms with van der Waals surface area (Å²) in [5.74, 6) is -0.200. The van der Waals surface area contributed by atoms with E-state index in [2.05, 4.69) is 0 Å². The molecule has 0 radical (unpaired) electrons. The van der Waals surface area contributed by atoms with E-state index in [1.54, 1.807) is 25.0 Å². The average Bonchev–Trinajstić information content (AvgIpc) is 3.40. The van der Waals surface area contributed by atoms with Crippen molar-refractivity contribution in [3.8, 4) is 5.75 Å². The molecule has 5 rings (SSSR count). The molecule has 3 aromatic rings. The van der Waals surface area contributed by atoms with Crippen molar-refractivity contribution in [2.45, 2.75) is 39.7 Å². The van der Waals surface area contributed by atoms with Crippen LogP contribution in [0.15, 0.2) is 69.6 Å². The number of hydrogen-bond donors (Lipinski definition) is 0. The molecule has 9 heteroatoms. The second-order valence-corrected chi connectivity index (χ2v) is 9.90. The van der Waals surface area contributed by atoms with Gasteiger partial charge in [-0.25, -0.2) is 9.79 Å².